The number of carbonyl (C=O) groups is 1. The van der Waals surface area contributed by atoms with Gasteiger partial charge in [-0.15, -0.1) is 6.58 Å². The maximum Gasteiger partial charge on any atom is 0.251 e. The molecule has 138 valence electrons. The predicted molar refractivity (Wildman–Crippen MR) is 95.3 cm³/mol. The lowest BCUT2D eigenvalue weighted by Crippen LogP contribution is -2.27. The van der Waals surface area contributed by atoms with E-state index in [1.165, 1.54) is 37.8 Å². The highest BCUT2D eigenvalue weighted by atomic mass is 32.2. The summed E-state index contributed by atoms with van der Waals surface area (Å²) in [6, 6.07) is 3.34. The van der Waals surface area contributed by atoms with E-state index >= 15 is 0 Å². The third-order valence-electron chi connectivity index (χ3n) is 4.45. The number of carbonyl (C=O) groups excluding carboxylic acids is 1. The molecule has 7 heteroatoms. The van der Waals surface area contributed by atoms with Gasteiger partial charge in [0.15, 0.2) is 0 Å². The Morgan fingerprint density at radius 1 is 1.32 bits per heavy atom. The molecule has 25 heavy (non-hydrogen) atoms. The summed E-state index contributed by atoms with van der Waals surface area (Å²) in [4.78, 5) is 11.6. The molecule has 1 amide bonds. The van der Waals surface area contributed by atoms with Crippen LogP contribution in [0.25, 0.3) is 0 Å². The zero-order valence-corrected chi connectivity index (χ0v) is 15.1. The van der Waals surface area contributed by atoms with Crippen LogP contribution in [0, 0.1) is 11.7 Å². The van der Waals surface area contributed by atoms with Crippen LogP contribution in [0.2, 0.25) is 0 Å². The standard InChI is InChI=1S/C18H25FN2O3S/c1-2-11-21-25(23,24)17-13-15(9-10-16(17)19)18(22)20-12-5-8-14-6-3-4-7-14/h2,9-10,13-14,21H,1,3-8,11-12H2,(H,20,22). The predicted octanol–water partition coefficient (Wildman–Crippen LogP) is 2.99. The van der Waals surface area contributed by atoms with Gasteiger partial charge in [-0.25, -0.2) is 17.5 Å². The summed E-state index contributed by atoms with van der Waals surface area (Å²) in [7, 11) is -4.02. The fourth-order valence-corrected chi connectivity index (χ4v) is 4.19. The Labute approximate surface area is 148 Å². The Balaban J connectivity index is 1.95. The Hall–Kier alpha value is -1.73. The molecule has 0 heterocycles. The van der Waals surface area contributed by atoms with E-state index in [0.717, 1.165) is 30.9 Å². The van der Waals surface area contributed by atoms with Gasteiger partial charge in [0.25, 0.3) is 5.91 Å². The number of amides is 1. The normalized spacial score (nSPS) is 15.2. The van der Waals surface area contributed by atoms with Crippen molar-refractivity contribution in [2.75, 3.05) is 13.1 Å². The van der Waals surface area contributed by atoms with E-state index in [1.54, 1.807) is 0 Å². The molecule has 0 aliphatic heterocycles. The van der Waals surface area contributed by atoms with Gasteiger partial charge in [-0.3, -0.25) is 4.79 Å². The summed E-state index contributed by atoms with van der Waals surface area (Å²) in [6.07, 6.45) is 8.47. The van der Waals surface area contributed by atoms with Crippen molar-refractivity contribution in [3.63, 3.8) is 0 Å². The van der Waals surface area contributed by atoms with E-state index in [4.69, 9.17) is 0 Å². The lowest BCUT2D eigenvalue weighted by molar-refractivity contribution is 0.0952. The molecule has 1 aromatic carbocycles. The van der Waals surface area contributed by atoms with Gasteiger partial charge in [0.2, 0.25) is 10.0 Å². The summed E-state index contributed by atoms with van der Waals surface area (Å²) < 4.78 is 40.2. The molecule has 1 aliphatic carbocycles. The molecule has 1 fully saturated rings. The summed E-state index contributed by atoms with van der Waals surface area (Å²) in [5, 5.41) is 2.77. The first kappa shape index (κ1) is 19.6. The van der Waals surface area contributed by atoms with Crippen molar-refractivity contribution in [3.05, 3.63) is 42.2 Å². The summed E-state index contributed by atoms with van der Waals surface area (Å²) in [6.45, 7) is 3.93. The molecule has 1 saturated carbocycles. The van der Waals surface area contributed by atoms with Crippen molar-refractivity contribution in [1.82, 2.24) is 10.0 Å². The van der Waals surface area contributed by atoms with E-state index in [2.05, 4.69) is 16.6 Å². The van der Waals surface area contributed by atoms with Crippen molar-refractivity contribution in [1.29, 1.82) is 0 Å². The first-order valence-corrected chi connectivity index (χ1v) is 10.1. The van der Waals surface area contributed by atoms with Gasteiger partial charge in [-0.05, 0) is 37.0 Å². The first-order valence-electron chi connectivity index (χ1n) is 8.62. The lowest BCUT2D eigenvalue weighted by Gasteiger charge is -2.11. The second-order valence-electron chi connectivity index (χ2n) is 6.33. The van der Waals surface area contributed by atoms with Crippen LogP contribution in [-0.2, 0) is 10.0 Å². The van der Waals surface area contributed by atoms with Gasteiger partial charge in [0.05, 0.1) is 0 Å². The van der Waals surface area contributed by atoms with Gasteiger partial charge in [-0.2, -0.15) is 0 Å². The molecule has 0 spiro atoms. The van der Waals surface area contributed by atoms with E-state index in [9.17, 15) is 17.6 Å². The van der Waals surface area contributed by atoms with Crippen molar-refractivity contribution in [2.45, 2.75) is 43.4 Å². The molecule has 0 saturated heterocycles. The van der Waals surface area contributed by atoms with Crippen LogP contribution < -0.4 is 10.0 Å². The lowest BCUT2D eigenvalue weighted by atomic mass is 10.0. The number of halogens is 1. The molecule has 1 aliphatic rings. The second kappa shape index (κ2) is 9.10. The highest BCUT2D eigenvalue weighted by molar-refractivity contribution is 7.89. The van der Waals surface area contributed by atoms with Crippen LogP contribution in [0.5, 0.6) is 0 Å². The SMILES string of the molecule is C=CCNS(=O)(=O)c1cc(C(=O)NCCCC2CCCC2)ccc1F. The Bertz CT molecular complexity index is 713. The molecule has 2 rings (SSSR count). The minimum Gasteiger partial charge on any atom is -0.352 e. The van der Waals surface area contributed by atoms with E-state index in [-0.39, 0.29) is 12.1 Å². The minimum absolute atomic E-state index is 0.0145. The van der Waals surface area contributed by atoms with E-state index in [1.807, 2.05) is 0 Å². The quantitative estimate of drug-likeness (QED) is 0.520. The van der Waals surface area contributed by atoms with Gasteiger partial charge in [0.1, 0.15) is 10.7 Å². The second-order valence-corrected chi connectivity index (χ2v) is 8.07. The molecule has 0 aromatic heterocycles. The monoisotopic (exact) mass is 368 g/mol. The van der Waals surface area contributed by atoms with Crippen molar-refractivity contribution in [3.8, 4) is 0 Å². The summed E-state index contributed by atoms with van der Waals surface area (Å²) in [5.74, 6) is -0.531. The van der Waals surface area contributed by atoms with Gasteiger partial charge >= 0.3 is 0 Å². The molecular weight excluding hydrogens is 343 g/mol. The van der Waals surface area contributed by atoms with Crippen LogP contribution in [0.3, 0.4) is 0 Å². The maximum atomic E-state index is 13.9. The number of sulfonamides is 1. The summed E-state index contributed by atoms with van der Waals surface area (Å²) in [5.41, 5.74) is 0.126. The largest absolute Gasteiger partial charge is 0.352 e. The number of hydrogen-bond acceptors (Lipinski definition) is 3. The van der Waals surface area contributed by atoms with Crippen molar-refractivity contribution >= 4 is 15.9 Å². The van der Waals surface area contributed by atoms with Gasteiger partial charge in [-0.1, -0.05) is 31.8 Å². The Kier molecular flexibility index (Phi) is 7.13. The van der Waals surface area contributed by atoms with E-state index in [0.29, 0.717) is 6.54 Å². The van der Waals surface area contributed by atoms with Gasteiger partial charge in [0, 0.05) is 18.7 Å². The van der Waals surface area contributed by atoms with E-state index < -0.39 is 26.6 Å². The number of hydrogen-bond donors (Lipinski definition) is 2. The molecule has 5 nitrogen and oxygen atoms in total. The average molecular weight is 368 g/mol. The first-order chi connectivity index (χ1) is 11.9. The molecule has 0 atom stereocenters. The Morgan fingerprint density at radius 2 is 2.04 bits per heavy atom. The molecule has 0 radical (unpaired) electrons. The third-order valence-corrected chi connectivity index (χ3v) is 5.89. The molecule has 2 N–H and O–H groups in total. The third kappa shape index (κ3) is 5.64. The number of nitrogens with one attached hydrogen (secondary N) is 2. The highest BCUT2D eigenvalue weighted by Gasteiger charge is 2.20. The van der Waals surface area contributed by atoms with Crippen LogP contribution in [0.4, 0.5) is 4.39 Å². The highest BCUT2D eigenvalue weighted by Crippen LogP contribution is 2.28. The zero-order valence-electron chi connectivity index (χ0n) is 14.3. The molecule has 0 unspecified atom stereocenters. The Morgan fingerprint density at radius 3 is 2.72 bits per heavy atom. The van der Waals surface area contributed by atoms with Crippen LogP contribution in [0.15, 0.2) is 35.7 Å². The van der Waals surface area contributed by atoms with Gasteiger partial charge < -0.3 is 5.32 Å². The van der Waals surface area contributed by atoms with Crippen molar-refractivity contribution < 1.29 is 17.6 Å². The molecular formula is C18H25FN2O3S. The van der Waals surface area contributed by atoms with Crippen LogP contribution in [-0.4, -0.2) is 27.4 Å². The van der Waals surface area contributed by atoms with Crippen LogP contribution in [0.1, 0.15) is 48.9 Å². The summed E-state index contributed by atoms with van der Waals surface area (Å²) >= 11 is 0. The molecule has 1 aromatic rings. The fourth-order valence-electron chi connectivity index (χ4n) is 3.09. The topological polar surface area (TPSA) is 75.3 Å². The fraction of sp³-hybridized carbons (Fsp3) is 0.500. The maximum absolute atomic E-state index is 13.9. The van der Waals surface area contributed by atoms with Crippen molar-refractivity contribution in [2.24, 2.45) is 5.92 Å². The number of rotatable bonds is 9. The number of benzene rings is 1. The average Bonchev–Trinajstić information content (AvgIpc) is 3.10. The minimum atomic E-state index is -4.02. The smallest absolute Gasteiger partial charge is 0.251 e. The molecule has 0 bridgehead atoms. The van der Waals surface area contributed by atoms with Crippen LogP contribution >= 0.6 is 0 Å². The zero-order chi connectivity index (χ0) is 18.3.